The van der Waals surface area contributed by atoms with Crippen LogP contribution in [0.2, 0.25) is 0 Å². The lowest BCUT2D eigenvalue weighted by molar-refractivity contribution is -0.119. The van der Waals surface area contributed by atoms with E-state index in [0.717, 1.165) is 29.7 Å². The van der Waals surface area contributed by atoms with Gasteiger partial charge in [-0.25, -0.2) is 0 Å². The van der Waals surface area contributed by atoms with Gasteiger partial charge in [0.05, 0.1) is 5.56 Å². The van der Waals surface area contributed by atoms with Gasteiger partial charge in [-0.15, -0.1) is 11.8 Å². The lowest BCUT2D eigenvalue weighted by Crippen LogP contribution is -2.45. The minimum Gasteiger partial charge on any atom is -0.370 e. The molecule has 2 amide bonds. The van der Waals surface area contributed by atoms with E-state index in [-0.39, 0.29) is 24.3 Å². The summed E-state index contributed by atoms with van der Waals surface area (Å²) < 4.78 is 0. The Balaban J connectivity index is 2.23. The Bertz CT molecular complexity index is 504. The van der Waals surface area contributed by atoms with Gasteiger partial charge in [-0.05, 0) is 37.7 Å². The molecule has 0 saturated carbocycles. The summed E-state index contributed by atoms with van der Waals surface area (Å²) in [4.78, 5) is 26.7. The Morgan fingerprint density at radius 2 is 2.10 bits per heavy atom. The molecule has 108 valence electrons. The number of thioether (sulfide) groups is 1. The van der Waals surface area contributed by atoms with Crippen LogP contribution in [0.1, 0.15) is 36.0 Å². The van der Waals surface area contributed by atoms with Crippen LogP contribution in [0.5, 0.6) is 0 Å². The first-order valence-electron chi connectivity index (χ1n) is 6.85. The fourth-order valence-electron chi connectivity index (χ4n) is 2.69. The van der Waals surface area contributed by atoms with Crippen molar-refractivity contribution in [1.82, 2.24) is 4.90 Å². The minimum absolute atomic E-state index is 0.0147. The number of carbonyl (C=O) groups is 2. The third-order valence-electron chi connectivity index (χ3n) is 3.66. The van der Waals surface area contributed by atoms with Crippen LogP contribution in [0.4, 0.5) is 0 Å². The van der Waals surface area contributed by atoms with Gasteiger partial charge >= 0.3 is 0 Å². The van der Waals surface area contributed by atoms with Crippen LogP contribution in [0.15, 0.2) is 29.2 Å². The van der Waals surface area contributed by atoms with Gasteiger partial charge in [0, 0.05) is 23.9 Å². The molecule has 1 aliphatic heterocycles. The average Bonchev–Trinajstić information content (AvgIpc) is 2.46. The van der Waals surface area contributed by atoms with E-state index in [9.17, 15) is 9.59 Å². The Kier molecular flexibility index (Phi) is 5.06. The maximum absolute atomic E-state index is 12.7. The highest BCUT2D eigenvalue weighted by Crippen LogP contribution is 2.26. The molecule has 2 N–H and O–H groups in total. The molecular formula is C15H20N2O2S. The number of rotatable bonds is 4. The van der Waals surface area contributed by atoms with Crippen molar-refractivity contribution in [3.8, 4) is 0 Å². The van der Waals surface area contributed by atoms with E-state index < -0.39 is 0 Å². The number of benzene rings is 1. The molecule has 1 aliphatic rings. The molecule has 1 aromatic rings. The SMILES string of the molecule is CSc1ccccc1C(=O)N1CCCC[C@@H]1CC(N)=O. The normalized spacial score (nSPS) is 18.9. The summed E-state index contributed by atoms with van der Waals surface area (Å²) >= 11 is 1.56. The molecule has 0 spiro atoms. The molecule has 0 radical (unpaired) electrons. The standard InChI is InChI=1S/C15H20N2O2S/c1-20-13-8-3-2-7-12(13)15(19)17-9-5-4-6-11(17)10-14(16)18/h2-3,7-8,11H,4-6,9-10H2,1H3,(H2,16,18)/t11-/m1/s1. The third kappa shape index (κ3) is 3.33. The second-order valence-corrected chi connectivity index (χ2v) is 5.87. The van der Waals surface area contributed by atoms with E-state index in [2.05, 4.69) is 0 Å². The van der Waals surface area contributed by atoms with Crippen molar-refractivity contribution in [3.05, 3.63) is 29.8 Å². The first kappa shape index (κ1) is 14.9. The van der Waals surface area contributed by atoms with E-state index in [4.69, 9.17) is 5.73 Å². The van der Waals surface area contributed by atoms with Crippen molar-refractivity contribution in [2.45, 2.75) is 36.6 Å². The summed E-state index contributed by atoms with van der Waals surface area (Å²) in [6, 6.07) is 7.55. The van der Waals surface area contributed by atoms with Crippen molar-refractivity contribution in [2.75, 3.05) is 12.8 Å². The van der Waals surface area contributed by atoms with Gasteiger partial charge in [0.25, 0.3) is 5.91 Å². The van der Waals surface area contributed by atoms with Crippen LogP contribution >= 0.6 is 11.8 Å². The number of piperidine rings is 1. The van der Waals surface area contributed by atoms with Gasteiger partial charge in [0.2, 0.25) is 5.91 Å². The molecule has 4 nitrogen and oxygen atoms in total. The molecule has 2 rings (SSSR count). The van der Waals surface area contributed by atoms with Crippen molar-refractivity contribution in [2.24, 2.45) is 5.73 Å². The molecule has 1 saturated heterocycles. The fourth-order valence-corrected chi connectivity index (χ4v) is 3.28. The number of nitrogens with two attached hydrogens (primary N) is 1. The molecule has 0 aliphatic carbocycles. The molecule has 1 heterocycles. The number of nitrogens with zero attached hydrogens (tertiary/aromatic N) is 1. The molecule has 1 fully saturated rings. The van der Waals surface area contributed by atoms with Crippen LogP contribution in [0, 0.1) is 0 Å². The average molecular weight is 292 g/mol. The molecule has 0 unspecified atom stereocenters. The summed E-state index contributed by atoms with van der Waals surface area (Å²) in [5, 5.41) is 0. The lowest BCUT2D eigenvalue weighted by Gasteiger charge is -2.35. The Hall–Kier alpha value is -1.49. The summed E-state index contributed by atoms with van der Waals surface area (Å²) in [5.41, 5.74) is 6.02. The first-order chi connectivity index (χ1) is 9.63. The lowest BCUT2D eigenvalue weighted by atomic mass is 9.98. The van der Waals surface area contributed by atoms with Crippen molar-refractivity contribution in [1.29, 1.82) is 0 Å². The van der Waals surface area contributed by atoms with Crippen LogP contribution in [-0.4, -0.2) is 35.6 Å². The van der Waals surface area contributed by atoms with Crippen LogP contribution in [0.25, 0.3) is 0 Å². The van der Waals surface area contributed by atoms with Gasteiger partial charge in [-0.3, -0.25) is 9.59 Å². The van der Waals surface area contributed by atoms with Crippen LogP contribution in [0.3, 0.4) is 0 Å². The highest BCUT2D eigenvalue weighted by Gasteiger charge is 2.29. The minimum atomic E-state index is -0.340. The van der Waals surface area contributed by atoms with Crippen molar-refractivity contribution in [3.63, 3.8) is 0 Å². The fraction of sp³-hybridized carbons (Fsp3) is 0.467. The second-order valence-electron chi connectivity index (χ2n) is 5.02. The maximum atomic E-state index is 12.7. The number of amides is 2. The molecule has 1 atom stereocenters. The zero-order valence-electron chi connectivity index (χ0n) is 11.7. The monoisotopic (exact) mass is 292 g/mol. The molecule has 20 heavy (non-hydrogen) atoms. The number of likely N-dealkylation sites (tertiary alicyclic amines) is 1. The Labute approximate surface area is 123 Å². The smallest absolute Gasteiger partial charge is 0.255 e. The maximum Gasteiger partial charge on any atom is 0.255 e. The Morgan fingerprint density at radius 3 is 2.80 bits per heavy atom. The summed E-state index contributed by atoms with van der Waals surface area (Å²) in [7, 11) is 0. The summed E-state index contributed by atoms with van der Waals surface area (Å²) in [5.74, 6) is -0.325. The summed E-state index contributed by atoms with van der Waals surface area (Å²) in [6.45, 7) is 0.708. The van der Waals surface area contributed by atoms with E-state index in [1.54, 1.807) is 11.8 Å². The van der Waals surface area contributed by atoms with Gasteiger partial charge in [-0.1, -0.05) is 12.1 Å². The van der Waals surface area contributed by atoms with Crippen molar-refractivity contribution < 1.29 is 9.59 Å². The second kappa shape index (κ2) is 6.79. The number of carbonyl (C=O) groups excluding carboxylic acids is 2. The van der Waals surface area contributed by atoms with Gasteiger partial charge < -0.3 is 10.6 Å². The van der Waals surface area contributed by atoms with E-state index in [0.29, 0.717) is 6.54 Å². The highest BCUT2D eigenvalue weighted by atomic mass is 32.2. The number of primary amides is 1. The van der Waals surface area contributed by atoms with Crippen molar-refractivity contribution >= 4 is 23.6 Å². The number of hydrogen-bond donors (Lipinski definition) is 1. The predicted molar refractivity (Wildman–Crippen MR) is 80.7 cm³/mol. The van der Waals surface area contributed by atoms with Crippen LogP contribution in [-0.2, 0) is 4.79 Å². The van der Waals surface area contributed by atoms with Crippen LogP contribution < -0.4 is 5.73 Å². The largest absolute Gasteiger partial charge is 0.370 e. The first-order valence-corrected chi connectivity index (χ1v) is 8.08. The molecule has 1 aromatic carbocycles. The quantitative estimate of drug-likeness (QED) is 0.866. The van der Waals surface area contributed by atoms with Gasteiger partial charge in [0.15, 0.2) is 0 Å². The number of hydrogen-bond acceptors (Lipinski definition) is 3. The predicted octanol–water partition coefficient (Wildman–Crippen LogP) is 2.28. The van der Waals surface area contributed by atoms with E-state index >= 15 is 0 Å². The zero-order valence-corrected chi connectivity index (χ0v) is 12.5. The summed E-state index contributed by atoms with van der Waals surface area (Å²) in [6.07, 6.45) is 5.11. The molecular weight excluding hydrogens is 272 g/mol. The third-order valence-corrected chi connectivity index (χ3v) is 4.46. The molecule has 0 aromatic heterocycles. The highest BCUT2D eigenvalue weighted by molar-refractivity contribution is 7.98. The van der Waals surface area contributed by atoms with Gasteiger partial charge in [0.1, 0.15) is 0 Å². The topological polar surface area (TPSA) is 63.4 Å². The molecule has 5 heteroatoms. The van der Waals surface area contributed by atoms with Gasteiger partial charge in [-0.2, -0.15) is 0 Å². The van der Waals surface area contributed by atoms with E-state index in [1.165, 1.54) is 0 Å². The zero-order chi connectivity index (χ0) is 14.5. The Morgan fingerprint density at radius 1 is 1.35 bits per heavy atom. The van der Waals surface area contributed by atoms with E-state index in [1.807, 2.05) is 35.4 Å². The molecule has 0 bridgehead atoms.